The first-order chi connectivity index (χ1) is 11.3. The third-order valence-electron chi connectivity index (χ3n) is 3.70. The van der Waals surface area contributed by atoms with Crippen LogP contribution >= 0.6 is 0 Å². The fourth-order valence-electron chi connectivity index (χ4n) is 2.58. The van der Waals surface area contributed by atoms with Gasteiger partial charge in [0.15, 0.2) is 0 Å². The van der Waals surface area contributed by atoms with Crippen LogP contribution in [0.15, 0.2) is 60.8 Å². The smallest absolute Gasteiger partial charge is 0.149 e. The quantitative estimate of drug-likeness (QED) is 0.564. The molecule has 23 heavy (non-hydrogen) atoms. The minimum absolute atomic E-state index is 0.504. The Hall–Kier alpha value is -3.45. The molecule has 0 spiro atoms. The van der Waals surface area contributed by atoms with Gasteiger partial charge < -0.3 is 4.98 Å². The standard InChI is InChI=1S/C19H12N4/c20-12-15(19-22-17-5-1-2-6-18(17)23-19)11-13-7-8-16-14(10-13)4-3-9-21-16/h1-11H,(H,22,23)/b15-11+. The number of aromatic nitrogens is 3. The molecule has 108 valence electrons. The predicted octanol–water partition coefficient (Wildman–Crippen LogP) is 4.18. The second kappa shape index (κ2) is 5.39. The topological polar surface area (TPSA) is 65.4 Å². The number of nitrogens with zero attached hydrogens (tertiary/aromatic N) is 3. The zero-order valence-corrected chi connectivity index (χ0v) is 12.2. The van der Waals surface area contributed by atoms with E-state index >= 15 is 0 Å². The van der Waals surface area contributed by atoms with E-state index in [0.717, 1.165) is 27.5 Å². The number of fused-ring (bicyclic) bond motifs is 2. The van der Waals surface area contributed by atoms with Crippen molar-refractivity contribution in [2.24, 2.45) is 0 Å². The fraction of sp³-hybridized carbons (Fsp3) is 0. The highest BCUT2D eigenvalue weighted by Crippen LogP contribution is 2.21. The monoisotopic (exact) mass is 296 g/mol. The molecule has 0 atom stereocenters. The molecule has 0 unspecified atom stereocenters. The molecular weight excluding hydrogens is 284 g/mol. The Balaban J connectivity index is 1.81. The van der Waals surface area contributed by atoms with Gasteiger partial charge in [-0.05, 0) is 42.0 Å². The highest BCUT2D eigenvalue weighted by molar-refractivity contribution is 5.92. The van der Waals surface area contributed by atoms with Gasteiger partial charge in [-0.25, -0.2) is 4.98 Å². The Morgan fingerprint density at radius 2 is 1.96 bits per heavy atom. The lowest BCUT2D eigenvalue weighted by Gasteiger charge is -1.99. The Morgan fingerprint density at radius 1 is 1.04 bits per heavy atom. The predicted molar refractivity (Wildman–Crippen MR) is 91.3 cm³/mol. The first-order valence-electron chi connectivity index (χ1n) is 7.25. The summed E-state index contributed by atoms with van der Waals surface area (Å²) in [6, 6.07) is 19.8. The maximum absolute atomic E-state index is 9.49. The number of aromatic amines is 1. The minimum Gasteiger partial charge on any atom is -0.337 e. The summed E-state index contributed by atoms with van der Waals surface area (Å²) in [6.45, 7) is 0. The summed E-state index contributed by atoms with van der Waals surface area (Å²) in [5.41, 5.74) is 4.16. The van der Waals surface area contributed by atoms with Gasteiger partial charge in [0.1, 0.15) is 11.9 Å². The summed E-state index contributed by atoms with van der Waals surface area (Å²) < 4.78 is 0. The summed E-state index contributed by atoms with van der Waals surface area (Å²) in [4.78, 5) is 12.0. The number of allylic oxidation sites excluding steroid dienone is 1. The minimum atomic E-state index is 0.504. The molecule has 0 amide bonds. The second-order valence-electron chi connectivity index (χ2n) is 5.23. The summed E-state index contributed by atoms with van der Waals surface area (Å²) in [5, 5.41) is 10.5. The van der Waals surface area contributed by atoms with Crippen molar-refractivity contribution in [3.05, 3.63) is 72.2 Å². The number of benzene rings is 2. The largest absolute Gasteiger partial charge is 0.337 e. The van der Waals surface area contributed by atoms with Crippen LogP contribution < -0.4 is 0 Å². The summed E-state index contributed by atoms with van der Waals surface area (Å²) in [6.07, 6.45) is 3.61. The van der Waals surface area contributed by atoms with Gasteiger partial charge in [-0.1, -0.05) is 24.3 Å². The molecular formula is C19H12N4. The van der Waals surface area contributed by atoms with E-state index in [9.17, 15) is 5.26 Å². The first kappa shape index (κ1) is 13.2. The van der Waals surface area contributed by atoms with Crippen molar-refractivity contribution >= 4 is 33.6 Å². The Bertz CT molecular complexity index is 1050. The van der Waals surface area contributed by atoms with E-state index in [-0.39, 0.29) is 0 Å². The molecule has 1 N–H and O–H groups in total. The summed E-state index contributed by atoms with van der Waals surface area (Å²) in [5.74, 6) is 0.583. The van der Waals surface area contributed by atoms with E-state index in [4.69, 9.17) is 0 Å². The Morgan fingerprint density at radius 3 is 2.83 bits per heavy atom. The van der Waals surface area contributed by atoms with Crippen LogP contribution in [0, 0.1) is 11.3 Å². The van der Waals surface area contributed by atoms with Gasteiger partial charge >= 0.3 is 0 Å². The molecule has 0 saturated heterocycles. The number of nitrogens with one attached hydrogen (secondary N) is 1. The molecule has 0 aliphatic rings. The molecule has 0 aliphatic heterocycles. The van der Waals surface area contributed by atoms with Gasteiger partial charge in [-0.15, -0.1) is 0 Å². The third-order valence-corrected chi connectivity index (χ3v) is 3.70. The number of pyridine rings is 1. The van der Waals surface area contributed by atoms with Crippen LogP contribution in [0.3, 0.4) is 0 Å². The Kier molecular flexibility index (Phi) is 3.10. The molecule has 0 saturated carbocycles. The average Bonchev–Trinajstić information content (AvgIpc) is 3.03. The zero-order chi connectivity index (χ0) is 15.6. The van der Waals surface area contributed by atoms with Gasteiger partial charge in [0.05, 0.1) is 22.1 Å². The number of hydrogen-bond donors (Lipinski definition) is 1. The lowest BCUT2D eigenvalue weighted by atomic mass is 10.1. The molecule has 2 aromatic heterocycles. The van der Waals surface area contributed by atoms with Crippen LogP contribution in [0.1, 0.15) is 11.4 Å². The first-order valence-corrected chi connectivity index (χ1v) is 7.25. The average molecular weight is 296 g/mol. The van der Waals surface area contributed by atoms with Crippen LogP contribution in [0.4, 0.5) is 0 Å². The van der Waals surface area contributed by atoms with E-state index in [1.54, 1.807) is 6.20 Å². The third kappa shape index (κ3) is 2.45. The molecule has 0 radical (unpaired) electrons. The van der Waals surface area contributed by atoms with Gasteiger partial charge in [0.25, 0.3) is 0 Å². The number of H-pyrrole nitrogens is 1. The van der Waals surface area contributed by atoms with Crippen LogP contribution in [-0.4, -0.2) is 15.0 Å². The zero-order valence-electron chi connectivity index (χ0n) is 12.2. The van der Waals surface area contributed by atoms with Crippen LogP contribution in [0.2, 0.25) is 0 Å². The molecule has 0 fully saturated rings. The number of para-hydroxylation sites is 2. The van der Waals surface area contributed by atoms with E-state index < -0.39 is 0 Å². The van der Waals surface area contributed by atoms with E-state index in [2.05, 4.69) is 21.0 Å². The van der Waals surface area contributed by atoms with Gasteiger partial charge in [0.2, 0.25) is 0 Å². The van der Waals surface area contributed by atoms with Crippen molar-refractivity contribution in [1.29, 1.82) is 5.26 Å². The highest BCUT2D eigenvalue weighted by atomic mass is 14.9. The molecule has 4 rings (SSSR count). The van der Waals surface area contributed by atoms with Gasteiger partial charge in [-0.3, -0.25) is 4.98 Å². The molecule has 0 bridgehead atoms. The van der Waals surface area contributed by atoms with Crippen molar-refractivity contribution in [1.82, 2.24) is 15.0 Å². The lowest BCUT2D eigenvalue weighted by Crippen LogP contribution is -1.85. The van der Waals surface area contributed by atoms with E-state index in [0.29, 0.717) is 11.4 Å². The molecule has 4 nitrogen and oxygen atoms in total. The fourth-order valence-corrected chi connectivity index (χ4v) is 2.58. The van der Waals surface area contributed by atoms with Crippen LogP contribution in [-0.2, 0) is 0 Å². The van der Waals surface area contributed by atoms with E-state index in [1.807, 2.05) is 60.7 Å². The van der Waals surface area contributed by atoms with Crippen LogP contribution in [0.25, 0.3) is 33.6 Å². The Labute approximate surface area is 132 Å². The van der Waals surface area contributed by atoms with Crippen LogP contribution in [0.5, 0.6) is 0 Å². The number of rotatable bonds is 2. The maximum atomic E-state index is 9.49. The summed E-state index contributed by atoms with van der Waals surface area (Å²) in [7, 11) is 0. The van der Waals surface area contributed by atoms with Crippen molar-refractivity contribution in [3.8, 4) is 6.07 Å². The molecule has 4 heteroatoms. The highest BCUT2D eigenvalue weighted by Gasteiger charge is 2.07. The molecule has 2 aromatic carbocycles. The molecule has 0 aliphatic carbocycles. The SMILES string of the molecule is N#C/C(=C\c1ccc2ncccc2c1)c1nc2ccccc2[nH]1. The van der Waals surface area contributed by atoms with E-state index in [1.165, 1.54) is 0 Å². The van der Waals surface area contributed by atoms with Crippen molar-refractivity contribution in [2.75, 3.05) is 0 Å². The molecule has 4 aromatic rings. The maximum Gasteiger partial charge on any atom is 0.149 e. The lowest BCUT2D eigenvalue weighted by molar-refractivity contribution is 1.27. The van der Waals surface area contributed by atoms with Gasteiger partial charge in [-0.2, -0.15) is 5.26 Å². The van der Waals surface area contributed by atoms with Crippen molar-refractivity contribution in [2.45, 2.75) is 0 Å². The number of nitriles is 1. The van der Waals surface area contributed by atoms with Crippen molar-refractivity contribution in [3.63, 3.8) is 0 Å². The molecule has 2 heterocycles. The van der Waals surface area contributed by atoms with Gasteiger partial charge in [0, 0.05) is 11.6 Å². The summed E-state index contributed by atoms with van der Waals surface area (Å²) >= 11 is 0. The normalized spacial score (nSPS) is 11.7. The number of hydrogen-bond acceptors (Lipinski definition) is 3. The van der Waals surface area contributed by atoms with Crippen molar-refractivity contribution < 1.29 is 0 Å². The second-order valence-corrected chi connectivity index (χ2v) is 5.23. The number of imidazole rings is 1.